The van der Waals surface area contributed by atoms with Crippen LogP contribution in [0.5, 0.6) is 0 Å². The zero-order valence-electron chi connectivity index (χ0n) is 10.2. The molecule has 0 radical (unpaired) electrons. The third kappa shape index (κ3) is 2.97. The molecule has 0 unspecified atom stereocenters. The molecule has 0 fully saturated rings. The van der Waals surface area contributed by atoms with E-state index in [-0.39, 0.29) is 16.8 Å². The first-order valence-electron chi connectivity index (χ1n) is 5.63. The summed E-state index contributed by atoms with van der Waals surface area (Å²) in [6, 6.07) is 8.37. The van der Waals surface area contributed by atoms with Gasteiger partial charge in [-0.15, -0.1) is 0 Å². The largest absolute Gasteiger partial charge is 0.366 e. The van der Waals surface area contributed by atoms with Crippen LogP contribution in [0.2, 0.25) is 0 Å². The topological polar surface area (TPSA) is 72.2 Å². The van der Waals surface area contributed by atoms with Crippen LogP contribution in [0.25, 0.3) is 0 Å². The van der Waals surface area contributed by atoms with Crippen LogP contribution in [0.15, 0.2) is 42.5 Å². The van der Waals surface area contributed by atoms with E-state index in [0.717, 1.165) is 24.3 Å². The standard InChI is InChI=1S/C14H10F2N2O2/c15-9-3-1-8(2-4-9)14(20)18-10-5-6-12(16)11(7-10)13(17)19/h1-7H,(H2,17,19)(H,18,20). The van der Waals surface area contributed by atoms with Gasteiger partial charge in [0.2, 0.25) is 0 Å². The Kier molecular flexibility index (Phi) is 3.74. The third-order valence-electron chi connectivity index (χ3n) is 2.60. The van der Waals surface area contributed by atoms with Gasteiger partial charge in [0, 0.05) is 11.3 Å². The molecule has 2 amide bonds. The molecular weight excluding hydrogens is 266 g/mol. The maximum Gasteiger partial charge on any atom is 0.255 e. The molecule has 3 N–H and O–H groups in total. The lowest BCUT2D eigenvalue weighted by Crippen LogP contribution is -2.16. The van der Waals surface area contributed by atoms with Crippen molar-refractivity contribution >= 4 is 17.5 Å². The SMILES string of the molecule is NC(=O)c1cc(NC(=O)c2ccc(F)cc2)ccc1F. The number of benzene rings is 2. The van der Waals surface area contributed by atoms with Crippen LogP contribution < -0.4 is 11.1 Å². The fraction of sp³-hybridized carbons (Fsp3) is 0. The Morgan fingerprint density at radius 1 is 1.00 bits per heavy atom. The lowest BCUT2D eigenvalue weighted by atomic mass is 10.1. The Balaban J connectivity index is 2.21. The van der Waals surface area contributed by atoms with Crippen LogP contribution in [-0.4, -0.2) is 11.8 Å². The normalized spacial score (nSPS) is 10.1. The van der Waals surface area contributed by atoms with E-state index in [4.69, 9.17) is 5.73 Å². The second-order valence-electron chi connectivity index (χ2n) is 4.02. The van der Waals surface area contributed by atoms with Crippen LogP contribution >= 0.6 is 0 Å². The number of primary amides is 1. The van der Waals surface area contributed by atoms with Gasteiger partial charge in [-0.25, -0.2) is 8.78 Å². The molecular formula is C14H10F2N2O2. The molecule has 0 aromatic heterocycles. The van der Waals surface area contributed by atoms with Gasteiger partial charge in [0.25, 0.3) is 11.8 Å². The number of halogens is 2. The van der Waals surface area contributed by atoms with Crippen molar-refractivity contribution in [2.24, 2.45) is 5.73 Å². The summed E-state index contributed by atoms with van der Waals surface area (Å²) in [5.41, 5.74) is 5.14. The average molecular weight is 276 g/mol. The molecule has 20 heavy (non-hydrogen) atoms. The van der Waals surface area contributed by atoms with Gasteiger partial charge in [-0.3, -0.25) is 9.59 Å². The lowest BCUT2D eigenvalue weighted by molar-refractivity contribution is 0.0992. The molecule has 0 aliphatic carbocycles. The number of nitrogens with one attached hydrogen (secondary N) is 1. The van der Waals surface area contributed by atoms with Crippen molar-refractivity contribution in [2.75, 3.05) is 5.32 Å². The number of carbonyl (C=O) groups is 2. The predicted octanol–water partition coefficient (Wildman–Crippen LogP) is 2.32. The van der Waals surface area contributed by atoms with Crippen molar-refractivity contribution in [1.82, 2.24) is 0 Å². The summed E-state index contributed by atoms with van der Waals surface area (Å²) in [4.78, 5) is 22.8. The Hall–Kier alpha value is -2.76. The maximum absolute atomic E-state index is 13.3. The summed E-state index contributed by atoms with van der Waals surface area (Å²) < 4.78 is 26.0. The predicted molar refractivity (Wildman–Crippen MR) is 69.3 cm³/mol. The molecule has 102 valence electrons. The van der Waals surface area contributed by atoms with Crippen molar-refractivity contribution in [3.63, 3.8) is 0 Å². The second kappa shape index (κ2) is 5.48. The smallest absolute Gasteiger partial charge is 0.255 e. The summed E-state index contributed by atoms with van der Waals surface area (Å²) in [6.07, 6.45) is 0. The summed E-state index contributed by atoms with van der Waals surface area (Å²) in [6.45, 7) is 0. The van der Waals surface area contributed by atoms with Gasteiger partial charge in [-0.1, -0.05) is 0 Å². The summed E-state index contributed by atoms with van der Waals surface area (Å²) >= 11 is 0. The minimum atomic E-state index is -0.930. The van der Waals surface area contributed by atoms with Crippen LogP contribution in [0.1, 0.15) is 20.7 Å². The van der Waals surface area contributed by atoms with Crippen molar-refractivity contribution in [2.45, 2.75) is 0 Å². The average Bonchev–Trinajstić information content (AvgIpc) is 2.41. The van der Waals surface area contributed by atoms with Crippen LogP contribution in [-0.2, 0) is 0 Å². The highest BCUT2D eigenvalue weighted by Gasteiger charge is 2.11. The van der Waals surface area contributed by atoms with Gasteiger partial charge in [0.1, 0.15) is 11.6 Å². The Morgan fingerprint density at radius 3 is 2.25 bits per heavy atom. The fourth-order valence-electron chi connectivity index (χ4n) is 1.60. The van der Waals surface area contributed by atoms with Gasteiger partial charge in [0.15, 0.2) is 0 Å². The monoisotopic (exact) mass is 276 g/mol. The summed E-state index contributed by atoms with van der Waals surface area (Å²) in [7, 11) is 0. The molecule has 2 aromatic carbocycles. The number of rotatable bonds is 3. The van der Waals surface area contributed by atoms with E-state index in [2.05, 4.69) is 5.32 Å². The quantitative estimate of drug-likeness (QED) is 0.903. The van der Waals surface area contributed by atoms with Gasteiger partial charge in [0.05, 0.1) is 5.56 Å². The van der Waals surface area contributed by atoms with Gasteiger partial charge in [-0.2, -0.15) is 0 Å². The van der Waals surface area contributed by atoms with Gasteiger partial charge < -0.3 is 11.1 Å². The first-order chi connectivity index (χ1) is 9.47. The van der Waals surface area contributed by atoms with Crippen molar-refractivity contribution in [1.29, 1.82) is 0 Å². The molecule has 0 heterocycles. The number of hydrogen-bond donors (Lipinski definition) is 2. The van der Waals surface area contributed by atoms with E-state index in [9.17, 15) is 18.4 Å². The summed E-state index contributed by atoms with van der Waals surface area (Å²) in [5.74, 6) is -2.66. The number of amides is 2. The third-order valence-corrected chi connectivity index (χ3v) is 2.60. The number of carbonyl (C=O) groups excluding carboxylic acids is 2. The second-order valence-corrected chi connectivity index (χ2v) is 4.02. The van der Waals surface area contributed by atoms with Gasteiger partial charge in [-0.05, 0) is 42.5 Å². The minimum Gasteiger partial charge on any atom is -0.366 e. The molecule has 0 bridgehead atoms. The van der Waals surface area contributed by atoms with E-state index in [0.29, 0.717) is 0 Å². The molecule has 0 saturated heterocycles. The van der Waals surface area contributed by atoms with Crippen molar-refractivity contribution in [3.05, 3.63) is 65.2 Å². The Morgan fingerprint density at radius 2 is 1.65 bits per heavy atom. The minimum absolute atomic E-state index is 0.217. The van der Waals surface area contributed by atoms with E-state index in [1.807, 2.05) is 0 Å². The highest BCUT2D eigenvalue weighted by atomic mass is 19.1. The molecule has 0 aliphatic heterocycles. The molecule has 0 saturated carbocycles. The fourth-order valence-corrected chi connectivity index (χ4v) is 1.60. The molecule has 4 nitrogen and oxygen atoms in total. The van der Waals surface area contributed by atoms with Crippen LogP contribution in [0.3, 0.4) is 0 Å². The number of hydrogen-bond acceptors (Lipinski definition) is 2. The molecule has 0 aliphatic rings. The Bertz CT molecular complexity index is 669. The zero-order chi connectivity index (χ0) is 14.7. The summed E-state index contributed by atoms with van der Waals surface area (Å²) in [5, 5.41) is 2.46. The number of anilines is 1. The molecule has 2 rings (SSSR count). The van der Waals surface area contributed by atoms with E-state index >= 15 is 0 Å². The molecule has 0 spiro atoms. The van der Waals surface area contributed by atoms with Gasteiger partial charge >= 0.3 is 0 Å². The Labute approximate surface area is 113 Å². The highest BCUT2D eigenvalue weighted by molar-refractivity contribution is 6.05. The molecule has 0 atom stereocenters. The van der Waals surface area contributed by atoms with E-state index in [1.165, 1.54) is 18.2 Å². The maximum atomic E-state index is 13.3. The number of nitrogens with two attached hydrogens (primary N) is 1. The molecule has 2 aromatic rings. The van der Waals surface area contributed by atoms with E-state index in [1.54, 1.807) is 0 Å². The van der Waals surface area contributed by atoms with Crippen LogP contribution in [0, 0.1) is 11.6 Å². The molecule has 6 heteroatoms. The van der Waals surface area contributed by atoms with Crippen LogP contribution in [0.4, 0.5) is 14.5 Å². The lowest BCUT2D eigenvalue weighted by Gasteiger charge is -2.07. The first kappa shape index (κ1) is 13.7. The zero-order valence-corrected chi connectivity index (χ0v) is 10.2. The van der Waals surface area contributed by atoms with E-state index < -0.39 is 23.4 Å². The first-order valence-corrected chi connectivity index (χ1v) is 5.63. The van der Waals surface area contributed by atoms with Crippen molar-refractivity contribution in [3.8, 4) is 0 Å². The van der Waals surface area contributed by atoms with Crippen molar-refractivity contribution < 1.29 is 18.4 Å². The highest BCUT2D eigenvalue weighted by Crippen LogP contribution is 2.15.